The second-order valence-corrected chi connectivity index (χ2v) is 7.75. The van der Waals surface area contributed by atoms with E-state index in [0.29, 0.717) is 0 Å². The Kier molecular flexibility index (Phi) is 4.31. The first-order valence-electron chi connectivity index (χ1n) is 9.93. The van der Waals surface area contributed by atoms with Crippen molar-refractivity contribution in [1.29, 1.82) is 0 Å². The molecular weight excluding hydrogens is 330 g/mol. The fraction of sp³-hybridized carbons (Fsp3) is 0.280. The molecule has 2 heterocycles. The van der Waals surface area contributed by atoms with Gasteiger partial charge in [0, 0.05) is 19.6 Å². The Morgan fingerprint density at radius 2 is 1.41 bits per heavy atom. The van der Waals surface area contributed by atoms with Crippen molar-refractivity contribution in [1.82, 2.24) is 4.90 Å². The summed E-state index contributed by atoms with van der Waals surface area (Å²) in [4.78, 5) is 2.56. The van der Waals surface area contributed by atoms with Crippen molar-refractivity contribution in [2.75, 3.05) is 13.1 Å². The van der Waals surface area contributed by atoms with Crippen LogP contribution in [0.3, 0.4) is 0 Å². The van der Waals surface area contributed by atoms with Gasteiger partial charge in [-0.05, 0) is 35.1 Å². The lowest BCUT2D eigenvalue weighted by atomic mass is 9.83. The van der Waals surface area contributed by atoms with Crippen LogP contribution in [0.4, 0.5) is 0 Å². The summed E-state index contributed by atoms with van der Waals surface area (Å²) in [6.45, 7) is 3.18. The highest BCUT2D eigenvalue weighted by atomic mass is 16.5. The van der Waals surface area contributed by atoms with E-state index in [1.54, 1.807) is 0 Å². The maximum atomic E-state index is 6.82. The van der Waals surface area contributed by atoms with Crippen LogP contribution >= 0.6 is 0 Å². The molecule has 1 fully saturated rings. The van der Waals surface area contributed by atoms with E-state index in [4.69, 9.17) is 4.74 Å². The minimum atomic E-state index is -0.135. The first kappa shape index (κ1) is 16.7. The average molecular weight is 355 g/mol. The molecule has 0 amide bonds. The molecule has 1 spiro atoms. The third kappa shape index (κ3) is 3.09. The number of nitrogens with zero attached hydrogens (tertiary/aromatic N) is 1. The van der Waals surface area contributed by atoms with Gasteiger partial charge in [-0.2, -0.15) is 0 Å². The summed E-state index contributed by atoms with van der Waals surface area (Å²) in [5.74, 6) is 0. The zero-order valence-corrected chi connectivity index (χ0v) is 15.6. The van der Waals surface area contributed by atoms with Gasteiger partial charge in [0.05, 0.1) is 5.60 Å². The number of hydrogen-bond acceptors (Lipinski definition) is 2. The van der Waals surface area contributed by atoms with Crippen LogP contribution in [0.1, 0.15) is 41.2 Å². The molecule has 0 aromatic heterocycles. The van der Waals surface area contributed by atoms with Gasteiger partial charge in [0.2, 0.25) is 0 Å². The molecule has 3 aromatic rings. The van der Waals surface area contributed by atoms with E-state index >= 15 is 0 Å². The monoisotopic (exact) mass is 355 g/mol. The second kappa shape index (κ2) is 6.95. The Bertz CT molecular complexity index is 898. The Labute approximate surface area is 161 Å². The van der Waals surface area contributed by atoms with Crippen molar-refractivity contribution in [3.63, 3.8) is 0 Å². The van der Waals surface area contributed by atoms with Crippen molar-refractivity contribution in [3.8, 4) is 0 Å². The third-order valence-electron chi connectivity index (χ3n) is 6.09. The molecule has 0 bridgehead atoms. The van der Waals surface area contributed by atoms with Crippen molar-refractivity contribution in [2.24, 2.45) is 0 Å². The van der Waals surface area contributed by atoms with E-state index in [2.05, 4.69) is 89.8 Å². The summed E-state index contributed by atoms with van der Waals surface area (Å²) >= 11 is 0. The van der Waals surface area contributed by atoms with E-state index in [1.165, 1.54) is 22.3 Å². The largest absolute Gasteiger partial charge is 0.358 e. The highest BCUT2D eigenvalue weighted by Gasteiger charge is 2.46. The number of rotatable bonds is 3. The molecule has 1 atom stereocenters. The van der Waals surface area contributed by atoms with Crippen LogP contribution in [0.15, 0.2) is 84.9 Å². The van der Waals surface area contributed by atoms with Crippen LogP contribution in [-0.4, -0.2) is 18.0 Å². The lowest BCUT2D eigenvalue weighted by molar-refractivity contribution is -0.0978. The number of benzene rings is 3. The Morgan fingerprint density at radius 3 is 2.15 bits per heavy atom. The number of fused-ring (bicyclic) bond motifs is 2. The van der Waals surface area contributed by atoms with Crippen molar-refractivity contribution in [2.45, 2.75) is 31.1 Å². The molecule has 0 saturated carbocycles. The molecule has 2 heteroatoms. The predicted octanol–water partition coefficient (Wildman–Crippen LogP) is 5.30. The van der Waals surface area contributed by atoms with E-state index in [9.17, 15) is 0 Å². The maximum absolute atomic E-state index is 6.82. The normalized spacial score (nSPS) is 21.3. The van der Waals surface area contributed by atoms with Crippen molar-refractivity contribution < 1.29 is 4.74 Å². The molecular formula is C25H25NO. The van der Waals surface area contributed by atoms with E-state index in [-0.39, 0.29) is 11.7 Å². The van der Waals surface area contributed by atoms with Gasteiger partial charge in [0.1, 0.15) is 6.10 Å². The fourth-order valence-electron chi connectivity index (χ4n) is 4.67. The Hall–Kier alpha value is -2.42. The summed E-state index contributed by atoms with van der Waals surface area (Å²) in [7, 11) is 0. The Morgan fingerprint density at radius 1 is 0.778 bits per heavy atom. The standard InChI is InChI=1S/C25H25NO/c1-3-9-20(10-4-1)19-26-17-15-25(16-18-26)23-14-8-7-13-22(23)24(27-25)21-11-5-2-6-12-21/h1-14,24H,15-19H2. The highest BCUT2D eigenvalue weighted by Crippen LogP contribution is 2.51. The zero-order valence-electron chi connectivity index (χ0n) is 15.6. The summed E-state index contributed by atoms with van der Waals surface area (Å²) < 4.78 is 6.82. The number of hydrogen-bond donors (Lipinski definition) is 0. The smallest absolute Gasteiger partial charge is 0.109 e. The summed E-state index contributed by atoms with van der Waals surface area (Å²) in [5.41, 5.74) is 5.26. The third-order valence-corrected chi connectivity index (χ3v) is 6.09. The van der Waals surface area contributed by atoms with Gasteiger partial charge in [0.15, 0.2) is 0 Å². The van der Waals surface area contributed by atoms with Gasteiger partial charge in [-0.25, -0.2) is 0 Å². The highest BCUT2D eigenvalue weighted by molar-refractivity contribution is 5.43. The van der Waals surface area contributed by atoms with Gasteiger partial charge >= 0.3 is 0 Å². The van der Waals surface area contributed by atoms with Crippen LogP contribution in [-0.2, 0) is 16.9 Å². The summed E-state index contributed by atoms with van der Waals surface area (Å²) in [6, 6.07) is 30.3. The second-order valence-electron chi connectivity index (χ2n) is 7.75. The molecule has 5 rings (SSSR count). The summed E-state index contributed by atoms with van der Waals surface area (Å²) in [5, 5.41) is 0. The van der Waals surface area contributed by atoms with E-state index in [1.807, 2.05) is 0 Å². The van der Waals surface area contributed by atoms with Gasteiger partial charge in [0.25, 0.3) is 0 Å². The molecule has 1 unspecified atom stereocenters. The molecule has 2 nitrogen and oxygen atoms in total. The zero-order chi connectivity index (χ0) is 18.1. The molecule has 2 aliphatic heterocycles. The lowest BCUT2D eigenvalue weighted by Gasteiger charge is -2.40. The number of piperidine rings is 1. The van der Waals surface area contributed by atoms with Crippen molar-refractivity contribution in [3.05, 3.63) is 107 Å². The van der Waals surface area contributed by atoms with E-state index < -0.39 is 0 Å². The first-order chi connectivity index (χ1) is 13.3. The molecule has 27 heavy (non-hydrogen) atoms. The van der Waals surface area contributed by atoms with Gasteiger partial charge in [-0.3, -0.25) is 4.90 Å². The van der Waals surface area contributed by atoms with Crippen LogP contribution in [0.25, 0.3) is 0 Å². The minimum Gasteiger partial charge on any atom is -0.358 e. The van der Waals surface area contributed by atoms with Crippen LogP contribution in [0.2, 0.25) is 0 Å². The Balaban J connectivity index is 1.38. The summed E-state index contributed by atoms with van der Waals surface area (Å²) in [6.07, 6.45) is 2.17. The first-order valence-corrected chi connectivity index (χ1v) is 9.93. The molecule has 1 saturated heterocycles. The number of ether oxygens (including phenoxy) is 1. The number of likely N-dealkylation sites (tertiary alicyclic amines) is 1. The van der Waals surface area contributed by atoms with Crippen LogP contribution in [0.5, 0.6) is 0 Å². The van der Waals surface area contributed by atoms with Crippen LogP contribution < -0.4 is 0 Å². The quantitative estimate of drug-likeness (QED) is 0.632. The van der Waals surface area contributed by atoms with E-state index in [0.717, 1.165) is 32.5 Å². The average Bonchev–Trinajstić information content (AvgIpc) is 3.06. The topological polar surface area (TPSA) is 12.5 Å². The van der Waals surface area contributed by atoms with Gasteiger partial charge in [-0.1, -0.05) is 84.9 Å². The molecule has 3 aromatic carbocycles. The molecule has 2 aliphatic rings. The minimum absolute atomic E-state index is 0.0584. The fourth-order valence-corrected chi connectivity index (χ4v) is 4.67. The van der Waals surface area contributed by atoms with Gasteiger partial charge in [-0.15, -0.1) is 0 Å². The predicted molar refractivity (Wildman–Crippen MR) is 108 cm³/mol. The molecule has 0 aliphatic carbocycles. The van der Waals surface area contributed by atoms with Gasteiger partial charge < -0.3 is 4.74 Å². The molecule has 0 N–H and O–H groups in total. The maximum Gasteiger partial charge on any atom is 0.109 e. The SMILES string of the molecule is c1ccc(CN2CCC3(CC2)OC(c2ccccc2)c2ccccc23)cc1. The lowest BCUT2D eigenvalue weighted by Crippen LogP contribution is -2.42. The molecule has 0 radical (unpaired) electrons. The van der Waals surface area contributed by atoms with Crippen LogP contribution in [0, 0.1) is 0 Å². The van der Waals surface area contributed by atoms with Crippen molar-refractivity contribution >= 4 is 0 Å². The molecule has 136 valence electrons.